The number of aliphatic hydroxyl groups is 1. The first kappa shape index (κ1) is 14.5. The molecular formula is C17H21NO2. The van der Waals surface area contributed by atoms with Crippen molar-refractivity contribution in [3.05, 3.63) is 53.2 Å². The topological polar surface area (TPSA) is 42.4 Å². The summed E-state index contributed by atoms with van der Waals surface area (Å²) in [5.41, 5.74) is 3.21. The van der Waals surface area contributed by atoms with E-state index < -0.39 is 6.10 Å². The Balaban J connectivity index is 2.29. The van der Waals surface area contributed by atoms with Crippen LogP contribution in [0, 0.1) is 6.92 Å². The second-order valence-corrected chi connectivity index (χ2v) is 5.35. The summed E-state index contributed by atoms with van der Waals surface area (Å²) in [5, 5.41) is 9.73. The zero-order valence-corrected chi connectivity index (χ0v) is 12.4. The summed E-state index contributed by atoms with van der Waals surface area (Å²) in [6.45, 7) is 8.13. The number of hydrogen-bond acceptors (Lipinski definition) is 3. The van der Waals surface area contributed by atoms with Crippen LogP contribution in [-0.4, -0.2) is 10.1 Å². The summed E-state index contributed by atoms with van der Waals surface area (Å²) in [5.74, 6) is 1.69. The Kier molecular flexibility index (Phi) is 4.40. The Morgan fingerprint density at radius 2 is 1.85 bits per heavy atom. The monoisotopic (exact) mass is 271 g/mol. The van der Waals surface area contributed by atoms with Gasteiger partial charge in [0, 0.05) is 11.8 Å². The van der Waals surface area contributed by atoms with Crippen molar-refractivity contribution in [2.45, 2.75) is 39.7 Å². The molecular weight excluding hydrogens is 250 g/mol. The van der Waals surface area contributed by atoms with Crippen molar-refractivity contribution in [2.24, 2.45) is 0 Å². The minimum absolute atomic E-state index is 0.458. The van der Waals surface area contributed by atoms with E-state index in [1.54, 1.807) is 19.2 Å². The van der Waals surface area contributed by atoms with Crippen molar-refractivity contribution in [2.75, 3.05) is 0 Å². The van der Waals surface area contributed by atoms with Crippen LogP contribution in [0.3, 0.4) is 0 Å². The molecule has 0 fully saturated rings. The number of rotatable bonds is 4. The first-order valence-corrected chi connectivity index (χ1v) is 6.90. The number of benzene rings is 1. The van der Waals surface area contributed by atoms with Crippen LogP contribution >= 0.6 is 0 Å². The smallest absolute Gasteiger partial charge is 0.225 e. The van der Waals surface area contributed by atoms with Gasteiger partial charge in [-0.15, -0.1) is 0 Å². The molecule has 0 aliphatic rings. The third kappa shape index (κ3) is 3.17. The molecule has 0 amide bonds. The normalized spacial score (nSPS) is 12.5. The summed E-state index contributed by atoms with van der Waals surface area (Å²) in [6.07, 6.45) is 1.06. The fraction of sp³-hybridized carbons (Fsp3) is 0.353. The number of aromatic nitrogens is 1. The average molecular weight is 271 g/mol. The van der Waals surface area contributed by atoms with Crippen LogP contribution in [0.1, 0.15) is 49.5 Å². The number of aryl methyl sites for hydroxylation is 1. The zero-order chi connectivity index (χ0) is 14.7. The molecule has 3 nitrogen and oxygen atoms in total. The summed E-state index contributed by atoms with van der Waals surface area (Å²) < 4.78 is 5.82. The number of ether oxygens (including phenoxy) is 1. The number of nitrogens with zero attached hydrogens (tertiary/aromatic N) is 1. The lowest BCUT2D eigenvalue weighted by Crippen LogP contribution is -1.99. The van der Waals surface area contributed by atoms with E-state index in [2.05, 4.69) is 31.8 Å². The Morgan fingerprint density at radius 3 is 2.45 bits per heavy atom. The highest BCUT2D eigenvalue weighted by molar-refractivity contribution is 5.39. The quantitative estimate of drug-likeness (QED) is 0.898. The molecule has 1 atom stereocenters. The Labute approximate surface area is 120 Å². The molecule has 0 saturated heterocycles. The first-order valence-electron chi connectivity index (χ1n) is 6.90. The maximum absolute atomic E-state index is 9.73. The molecule has 0 unspecified atom stereocenters. The fourth-order valence-corrected chi connectivity index (χ4v) is 2.28. The predicted octanol–water partition coefficient (Wildman–Crippen LogP) is 4.36. The van der Waals surface area contributed by atoms with Crippen molar-refractivity contribution in [3.8, 4) is 11.6 Å². The van der Waals surface area contributed by atoms with Gasteiger partial charge < -0.3 is 9.84 Å². The van der Waals surface area contributed by atoms with Crippen LogP contribution in [0.15, 0.2) is 36.5 Å². The molecule has 2 rings (SSSR count). The molecule has 1 N–H and O–H groups in total. The van der Waals surface area contributed by atoms with Crippen LogP contribution in [0.4, 0.5) is 0 Å². The van der Waals surface area contributed by atoms with E-state index in [0.29, 0.717) is 17.4 Å². The van der Waals surface area contributed by atoms with E-state index in [-0.39, 0.29) is 0 Å². The maximum atomic E-state index is 9.73. The van der Waals surface area contributed by atoms with Gasteiger partial charge in [-0.25, -0.2) is 4.98 Å². The number of pyridine rings is 1. The van der Waals surface area contributed by atoms with Crippen molar-refractivity contribution >= 4 is 0 Å². The Hall–Kier alpha value is -1.87. The van der Waals surface area contributed by atoms with Gasteiger partial charge in [0.15, 0.2) is 0 Å². The molecule has 1 aromatic carbocycles. The molecule has 0 aliphatic heterocycles. The predicted molar refractivity (Wildman–Crippen MR) is 80.2 cm³/mol. The Morgan fingerprint density at radius 1 is 1.10 bits per heavy atom. The molecule has 0 spiro atoms. The van der Waals surface area contributed by atoms with Gasteiger partial charge in [-0.2, -0.15) is 0 Å². The first-order chi connectivity index (χ1) is 9.49. The molecule has 1 heterocycles. The van der Waals surface area contributed by atoms with Gasteiger partial charge in [0.1, 0.15) is 5.75 Å². The van der Waals surface area contributed by atoms with Crippen molar-refractivity contribution in [3.63, 3.8) is 0 Å². The fourth-order valence-electron chi connectivity index (χ4n) is 2.28. The highest BCUT2D eigenvalue weighted by atomic mass is 16.5. The van der Waals surface area contributed by atoms with Crippen LogP contribution in [-0.2, 0) is 0 Å². The third-order valence-corrected chi connectivity index (χ3v) is 3.33. The minimum Gasteiger partial charge on any atom is -0.439 e. The van der Waals surface area contributed by atoms with Gasteiger partial charge in [0.2, 0.25) is 5.88 Å². The van der Waals surface area contributed by atoms with Gasteiger partial charge in [-0.1, -0.05) is 19.9 Å². The lowest BCUT2D eigenvalue weighted by atomic mass is 9.98. The van der Waals surface area contributed by atoms with E-state index in [0.717, 1.165) is 5.75 Å². The summed E-state index contributed by atoms with van der Waals surface area (Å²) in [6, 6.07) is 9.66. The molecule has 0 aliphatic carbocycles. The second-order valence-electron chi connectivity index (χ2n) is 5.35. The molecule has 3 heteroatoms. The highest BCUT2D eigenvalue weighted by Gasteiger charge is 2.11. The van der Waals surface area contributed by atoms with Gasteiger partial charge in [0.25, 0.3) is 0 Å². The number of aliphatic hydroxyl groups excluding tert-OH is 1. The number of hydrogen-bond donors (Lipinski definition) is 1. The van der Waals surface area contributed by atoms with Gasteiger partial charge in [0.05, 0.1) is 6.10 Å². The highest BCUT2D eigenvalue weighted by Crippen LogP contribution is 2.29. The van der Waals surface area contributed by atoms with Crippen LogP contribution in [0.2, 0.25) is 0 Å². The molecule has 20 heavy (non-hydrogen) atoms. The maximum Gasteiger partial charge on any atom is 0.225 e. The van der Waals surface area contributed by atoms with E-state index in [9.17, 15) is 5.11 Å². The van der Waals surface area contributed by atoms with Crippen LogP contribution in [0.5, 0.6) is 11.6 Å². The molecule has 0 radical (unpaired) electrons. The van der Waals surface area contributed by atoms with Crippen LogP contribution in [0.25, 0.3) is 0 Å². The molecule has 0 saturated carbocycles. The minimum atomic E-state index is -0.602. The van der Waals surface area contributed by atoms with Gasteiger partial charge in [-0.05, 0) is 55.2 Å². The standard InChI is InChI=1S/C17H21NO2/c1-11(2)15-8-7-14(10-12(15)3)20-17-16(13(4)19)6-5-9-18-17/h5-11,13,19H,1-4H3/t13-/m0/s1. The summed E-state index contributed by atoms with van der Waals surface area (Å²) in [7, 11) is 0. The second kappa shape index (κ2) is 6.06. The van der Waals surface area contributed by atoms with Gasteiger partial charge >= 0.3 is 0 Å². The lowest BCUT2D eigenvalue weighted by molar-refractivity contribution is 0.194. The van der Waals surface area contributed by atoms with E-state index in [1.165, 1.54) is 11.1 Å². The zero-order valence-electron chi connectivity index (χ0n) is 12.4. The van der Waals surface area contributed by atoms with E-state index in [4.69, 9.17) is 4.74 Å². The lowest BCUT2D eigenvalue weighted by Gasteiger charge is -2.14. The molecule has 2 aromatic rings. The van der Waals surface area contributed by atoms with Crippen LogP contribution < -0.4 is 4.74 Å². The van der Waals surface area contributed by atoms with Crippen molar-refractivity contribution in [1.29, 1.82) is 0 Å². The average Bonchev–Trinajstić information content (AvgIpc) is 2.38. The van der Waals surface area contributed by atoms with Crippen molar-refractivity contribution in [1.82, 2.24) is 4.98 Å². The molecule has 1 aromatic heterocycles. The van der Waals surface area contributed by atoms with E-state index in [1.807, 2.05) is 18.2 Å². The van der Waals surface area contributed by atoms with Gasteiger partial charge in [-0.3, -0.25) is 0 Å². The molecule has 0 bridgehead atoms. The SMILES string of the molecule is Cc1cc(Oc2ncccc2[C@H](C)O)ccc1C(C)C. The summed E-state index contributed by atoms with van der Waals surface area (Å²) >= 11 is 0. The van der Waals surface area contributed by atoms with Crippen molar-refractivity contribution < 1.29 is 9.84 Å². The largest absolute Gasteiger partial charge is 0.439 e. The van der Waals surface area contributed by atoms with E-state index >= 15 is 0 Å². The molecule has 106 valence electrons. The summed E-state index contributed by atoms with van der Waals surface area (Å²) in [4.78, 5) is 4.20. The third-order valence-electron chi connectivity index (χ3n) is 3.33. The Bertz CT molecular complexity index is 591.